The van der Waals surface area contributed by atoms with Gasteiger partial charge in [0.05, 0.1) is 22.3 Å². The molecule has 0 radical (unpaired) electrons. The van der Waals surface area contributed by atoms with E-state index in [4.69, 9.17) is 4.52 Å². The van der Waals surface area contributed by atoms with E-state index in [1.165, 1.54) is 0 Å². The lowest BCUT2D eigenvalue weighted by Gasteiger charge is -2.15. The van der Waals surface area contributed by atoms with Crippen molar-refractivity contribution in [1.82, 2.24) is 15.5 Å². The fourth-order valence-electron chi connectivity index (χ4n) is 3.79. The molecule has 0 bridgehead atoms. The average Bonchev–Trinajstić information content (AvgIpc) is 3.40. The first-order chi connectivity index (χ1) is 15.5. The number of hydrogen-bond acceptors (Lipinski definition) is 5. The zero-order valence-corrected chi connectivity index (χ0v) is 17.7. The Morgan fingerprint density at radius 2 is 1.84 bits per heavy atom. The van der Waals surface area contributed by atoms with Gasteiger partial charge in [-0.05, 0) is 44.2 Å². The third kappa shape index (κ3) is 3.56. The largest absolute Gasteiger partial charge is 0.336 e. The van der Waals surface area contributed by atoms with E-state index in [0.717, 1.165) is 16.8 Å². The minimum absolute atomic E-state index is 0.118. The molecule has 3 heterocycles. The van der Waals surface area contributed by atoms with Crippen LogP contribution >= 0.6 is 0 Å². The van der Waals surface area contributed by atoms with Crippen LogP contribution in [0.2, 0.25) is 0 Å². The SMILES string of the molecule is Cc1ccc(-c2cc(C(=O)Nc3ccc(N4CCNC4=O)cc3)c3c(C)noc3n2)cc1. The number of hydrogen-bond donors (Lipinski definition) is 2. The van der Waals surface area contributed by atoms with Gasteiger partial charge in [-0.25, -0.2) is 9.78 Å². The molecule has 3 amide bonds. The molecule has 4 aromatic rings. The van der Waals surface area contributed by atoms with E-state index in [1.807, 2.05) is 43.3 Å². The van der Waals surface area contributed by atoms with Crippen LogP contribution in [0.4, 0.5) is 16.2 Å². The van der Waals surface area contributed by atoms with Crippen LogP contribution in [0, 0.1) is 13.8 Å². The summed E-state index contributed by atoms with van der Waals surface area (Å²) in [6.45, 7) is 5.04. The van der Waals surface area contributed by atoms with Gasteiger partial charge in [-0.1, -0.05) is 35.0 Å². The minimum atomic E-state index is -0.288. The molecule has 1 aliphatic rings. The second-order valence-corrected chi connectivity index (χ2v) is 7.75. The number of pyridine rings is 1. The van der Waals surface area contributed by atoms with Gasteiger partial charge in [0, 0.05) is 30.0 Å². The lowest BCUT2D eigenvalue weighted by molar-refractivity contribution is 0.102. The fraction of sp³-hybridized carbons (Fsp3) is 0.167. The molecule has 1 aliphatic heterocycles. The molecule has 8 nitrogen and oxygen atoms in total. The van der Waals surface area contributed by atoms with Crippen LogP contribution in [0.1, 0.15) is 21.6 Å². The van der Waals surface area contributed by atoms with Crippen molar-refractivity contribution in [1.29, 1.82) is 0 Å². The van der Waals surface area contributed by atoms with Gasteiger partial charge in [0.1, 0.15) is 0 Å². The number of aryl methyl sites for hydroxylation is 2. The molecular weight excluding hydrogens is 406 g/mol. The van der Waals surface area contributed by atoms with Crippen LogP contribution in [0.5, 0.6) is 0 Å². The Labute approximate surface area is 184 Å². The van der Waals surface area contributed by atoms with Gasteiger partial charge in [0.15, 0.2) is 0 Å². The summed E-state index contributed by atoms with van der Waals surface area (Å²) in [5, 5.41) is 10.3. The second kappa shape index (κ2) is 7.81. The zero-order chi connectivity index (χ0) is 22.2. The standard InChI is InChI=1S/C24H21N5O3/c1-14-3-5-16(6-4-14)20-13-19(21-15(2)28-32-23(21)27-20)22(30)26-17-7-9-18(10-8-17)29-12-11-25-24(29)31/h3-10,13H,11-12H2,1-2H3,(H,25,31)(H,26,30). The molecule has 0 aliphatic carbocycles. The maximum atomic E-state index is 13.2. The number of carbonyl (C=O) groups is 2. The molecule has 2 N–H and O–H groups in total. The van der Waals surface area contributed by atoms with Gasteiger partial charge in [-0.2, -0.15) is 0 Å². The van der Waals surface area contributed by atoms with E-state index < -0.39 is 0 Å². The molecule has 2 aromatic carbocycles. The third-order valence-electron chi connectivity index (χ3n) is 5.50. The lowest BCUT2D eigenvalue weighted by atomic mass is 10.0. The molecule has 2 aromatic heterocycles. The Bertz CT molecular complexity index is 1330. The van der Waals surface area contributed by atoms with Crippen molar-refractivity contribution in [2.75, 3.05) is 23.3 Å². The Balaban J connectivity index is 1.46. The van der Waals surface area contributed by atoms with Crippen LogP contribution in [-0.4, -0.2) is 35.2 Å². The van der Waals surface area contributed by atoms with Crippen molar-refractivity contribution < 1.29 is 14.1 Å². The predicted molar refractivity (Wildman–Crippen MR) is 122 cm³/mol. The monoisotopic (exact) mass is 427 g/mol. The van der Waals surface area contributed by atoms with Crippen molar-refractivity contribution in [2.24, 2.45) is 0 Å². The van der Waals surface area contributed by atoms with Crippen molar-refractivity contribution >= 4 is 34.4 Å². The van der Waals surface area contributed by atoms with Crippen LogP contribution in [0.25, 0.3) is 22.4 Å². The fourth-order valence-corrected chi connectivity index (χ4v) is 3.79. The van der Waals surface area contributed by atoms with Gasteiger partial charge in [-0.3, -0.25) is 9.69 Å². The minimum Gasteiger partial charge on any atom is -0.336 e. The summed E-state index contributed by atoms with van der Waals surface area (Å²) in [6, 6.07) is 16.7. The van der Waals surface area contributed by atoms with Crippen LogP contribution < -0.4 is 15.5 Å². The normalized spacial score (nSPS) is 13.4. The number of aromatic nitrogens is 2. The van der Waals surface area contributed by atoms with Crippen molar-refractivity contribution in [3.05, 3.63) is 71.4 Å². The Morgan fingerprint density at radius 1 is 1.09 bits per heavy atom. The number of urea groups is 1. The Hall–Kier alpha value is -4.20. The first-order valence-electron chi connectivity index (χ1n) is 10.3. The van der Waals surface area contributed by atoms with Crippen molar-refractivity contribution in [2.45, 2.75) is 13.8 Å². The van der Waals surface area contributed by atoms with Crippen molar-refractivity contribution in [3.8, 4) is 11.3 Å². The summed E-state index contributed by atoms with van der Waals surface area (Å²) in [5.41, 5.74) is 5.41. The van der Waals surface area contributed by atoms with Crippen LogP contribution in [0.15, 0.2) is 59.1 Å². The topological polar surface area (TPSA) is 100 Å². The number of benzene rings is 2. The predicted octanol–water partition coefficient (Wildman–Crippen LogP) is 4.29. The summed E-state index contributed by atoms with van der Waals surface area (Å²) in [6.07, 6.45) is 0. The molecule has 5 rings (SSSR count). The molecule has 1 fully saturated rings. The molecule has 8 heteroatoms. The first-order valence-corrected chi connectivity index (χ1v) is 10.3. The molecule has 0 saturated carbocycles. The van der Waals surface area contributed by atoms with E-state index in [1.54, 1.807) is 30.0 Å². The Kier molecular flexibility index (Phi) is 4.82. The first kappa shape index (κ1) is 19.7. The number of fused-ring (bicyclic) bond motifs is 1. The summed E-state index contributed by atoms with van der Waals surface area (Å²) in [5.74, 6) is -0.288. The quantitative estimate of drug-likeness (QED) is 0.506. The summed E-state index contributed by atoms with van der Waals surface area (Å²) in [4.78, 5) is 31.3. The molecular formula is C24H21N5O3. The highest BCUT2D eigenvalue weighted by molar-refractivity contribution is 6.13. The molecule has 1 saturated heterocycles. The number of anilines is 2. The maximum absolute atomic E-state index is 13.2. The number of rotatable bonds is 4. The highest BCUT2D eigenvalue weighted by Gasteiger charge is 2.22. The van der Waals surface area contributed by atoms with Gasteiger partial charge in [-0.15, -0.1) is 0 Å². The molecule has 0 unspecified atom stereocenters. The lowest BCUT2D eigenvalue weighted by Crippen LogP contribution is -2.27. The summed E-state index contributed by atoms with van der Waals surface area (Å²) < 4.78 is 5.37. The smallest absolute Gasteiger partial charge is 0.321 e. The third-order valence-corrected chi connectivity index (χ3v) is 5.50. The maximum Gasteiger partial charge on any atom is 0.321 e. The number of carbonyl (C=O) groups excluding carboxylic acids is 2. The Morgan fingerprint density at radius 3 is 2.53 bits per heavy atom. The molecule has 160 valence electrons. The van der Waals surface area contributed by atoms with E-state index in [9.17, 15) is 9.59 Å². The van der Waals surface area contributed by atoms with Gasteiger partial charge in [0.2, 0.25) is 0 Å². The molecule has 32 heavy (non-hydrogen) atoms. The molecule has 0 atom stereocenters. The highest BCUT2D eigenvalue weighted by Crippen LogP contribution is 2.28. The zero-order valence-electron chi connectivity index (χ0n) is 17.7. The van der Waals surface area contributed by atoms with E-state index in [0.29, 0.717) is 46.8 Å². The average molecular weight is 427 g/mol. The summed E-state index contributed by atoms with van der Waals surface area (Å²) in [7, 11) is 0. The van der Waals surface area contributed by atoms with Crippen LogP contribution in [0.3, 0.4) is 0 Å². The summed E-state index contributed by atoms with van der Waals surface area (Å²) >= 11 is 0. The van der Waals surface area contributed by atoms with Gasteiger partial charge < -0.3 is 15.2 Å². The van der Waals surface area contributed by atoms with Crippen molar-refractivity contribution in [3.63, 3.8) is 0 Å². The van der Waals surface area contributed by atoms with Gasteiger partial charge in [0.25, 0.3) is 11.6 Å². The van der Waals surface area contributed by atoms with Crippen LogP contribution in [-0.2, 0) is 0 Å². The molecule has 0 spiro atoms. The van der Waals surface area contributed by atoms with E-state index in [2.05, 4.69) is 20.8 Å². The van der Waals surface area contributed by atoms with E-state index >= 15 is 0 Å². The number of amides is 3. The second-order valence-electron chi connectivity index (χ2n) is 7.75. The number of nitrogens with one attached hydrogen (secondary N) is 2. The number of nitrogens with zero attached hydrogens (tertiary/aromatic N) is 3. The van der Waals surface area contributed by atoms with Gasteiger partial charge >= 0.3 is 6.03 Å². The highest BCUT2D eigenvalue weighted by atomic mass is 16.5. The van der Waals surface area contributed by atoms with E-state index in [-0.39, 0.29) is 11.9 Å².